The summed E-state index contributed by atoms with van der Waals surface area (Å²) in [5.41, 5.74) is 3.16. The fourth-order valence-electron chi connectivity index (χ4n) is 1.73. The minimum atomic E-state index is 0.727. The monoisotopic (exact) mass is 292 g/mol. The lowest BCUT2D eigenvalue weighted by molar-refractivity contribution is 1.29. The summed E-state index contributed by atoms with van der Waals surface area (Å²) in [6.45, 7) is 2.07. The van der Waals surface area contributed by atoms with Crippen LogP contribution >= 0.6 is 32.5 Å². The van der Waals surface area contributed by atoms with Gasteiger partial charge in [-0.3, -0.25) is 0 Å². The molecular weight excluding hydrogens is 284 g/mol. The third-order valence-corrected chi connectivity index (χ3v) is 4.65. The molecule has 0 N–H and O–H groups in total. The number of halogens is 1. The number of nitrogens with zero attached hydrogens (tertiary/aromatic N) is 2. The molecule has 0 amide bonds. The molecule has 2 nitrogen and oxygen atoms in total. The van der Waals surface area contributed by atoms with Crippen molar-refractivity contribution in [1.29, 1.82) is 0 Å². The zero-order valence-corrected chi connectivity index (χ0v) is 11.9. The average Bonchev–Trinajstić information content (AvgIpc) is 2.81. The molecule has 0 bridgehead atoms. The summed E-state index contributed by atoms with van der Waals surface area (Å²) in [5, 5.41) is 1.68. The first kappa shape index (κ1) is 11.8. The summed E-state index contributed by atoms with van der Waals surface area (Å²) < 4.78 is 4.38. The lowest BCUT2D eigenvalue weighted by atomic mass is 10.1. The number of hydrogen-bond acceptors (Lipinski definition) is 4. The Balaban J connectivity index is 2.14. The zero-order valence-electron chi connectivity index (χ0n) is 9.55. The molecule has 0 radical (unpaired) electrons. The Morgan fingerprint density at radius 3 is 2.72 bits per heavy atom. The molecule has 1 aromatic rings. The van der Waals surface area contributed by atoms with E-state index in [4.69, 9.17) is 11.6 Å². The third kappa shape index (κ3) is 2.32. The van der Waals surface area contributed by atoms with Gasteiger partial charge in [0.25, 0.3) is 0 Å². The summed E-state index contributed by atoms with van der Waals surface area (Å²) >= 11 is 5.86. The van der Waals surface area contributed by atoms with Crippen LogP contribution in [0.1, 0.15) is 5.56 Å². The number of aromatic nitrogens is 1. The molecule has 3 rings (SSSR count). The Kier molecular flexibility index (Phi) is 3.16. The smallest absolute Gasteiger partial charge is 0.0980 e. The summed E-state index contributed by atoms with van der Waals surface area (Å²) in [6, 6.07) is 11.7. The van der Waals surface area contributed by atoms with Crippen LogP contribution in [0.3, 0.4) is 0 Å². The molecule has 1 heterocycles. The van der Waals surface area contributed by atoms with Gasteiger partial charge < -0.3 is 0 Å². The van der Waals surface area contributed by atoms with Crippen molar-refractivity contribution in [3.8, 4) is 10.6 Å². The molecule has 0 unspecified atom stereocenters. The Bertz CT molecular complexity index is 713. The normalized spacial score (nSPS) is 12.2. The second-order valence-corrected chi connectivity index (χ2v) is 6.27. The topological polar surface area (TPSA) is 25.2 Å². The van der Waals surface area contributed by atoms with Gasteiger partial charge >= 0.3 is 0 Å². The minimum absolute atomic E-state index is 0.727. The maximum absolute atomic E-state index is 5.86. The van der Waals surface area contributed by atoms with E-state index in [-0.39, 0.29) is 0 Å². The van der Waals surface area contributed by atoms with Gasteiger partial charge in [0.05, 0.1) is 21.6 Å². The van der Waals surface area contributed by atoms with Crippen LogP contribution in [0.4, 0.5) is 5.69 Å². The van der Waals surface area contributed by atoms with Crippen LogP contribution < -0.4 is 5.36 Å². The van der Waals surface area contributed by atoms with Gasteiger partial charge in [-0.1, -0.05) is 21.9 Å². The van der Waals surface area contributed by atoms with E-state index in [9.17, 15) is 0 Å². The van der Waals surface area contributed by atoms with Crippen molar-refractivity contribution < 1.29 is 0 Å². The Morgan fingerprint density at radius 2 is 1.94 bits per heavy atom. The fraction of sp³-hybridized carbons (Fsp3) is 0.0769. The molecular formula is C13H9ClN2S2. The van der Waals surface area contributed by atoms with Crippen LogP contribution in [-0.4, -0.2) is 4.37 Å². The van der Waals surface area contributed by atoms with Crippen molar-refractivity contribution >= 4 is 38.2 Å². The Hall–Kier alpha value is -1.23. The summed E-state index contributed by atoms with van der Waals surface area (Å²) in [7, 11) is 3.19. The third-order valence-electron chi connectivity index (χ3n) is 2.59. The van der Waals surface area contributed by atoms with Crippen LogP contribution in [0, 0.1) is 6.92 Å². The van der Waals surface area contributed by atoms with Gasteiger partial charge in [-0.05, 0) is 48.9 Å². The quantitative estimate of drug-likeness (QED) is 0.606. The van der Waals surface area contributed by atoms with Gasteiger partial charge in [-0.25, -0.2) is 4.99 Å². The number of aryl methyl sites for hydroxylation is 1. The molecule has 5 heteroatoms. The van der Waals surface area contributed by atoms with Crippen molar-refractivity contribution in [2.24, 2.45) is 4.99 Å². The molecule has 1 aliphatic carbocycles. The maximum atomic E-state index is 5.86. The van der Waals surface area contributed by atoms with Crippen LogP contribution in [-0.2, 0) is 0 Å². The molecule has 0 fully saturated rings. The van der Waals surface area contributed by atoms with E-state index in [2.05, 4.69) is 28.4 Å². The van der Waals surface area contributed by atoms with E-state index in [1.807, 2.05) is 24.3 Å². The highest BCUT2D eigenvalue weighted by atomic mass is 35.5. The van der Waals surface area contributed by atoms with Crippen molar-refractivity contribution in [2.45, 2.75) is 6.92 Å². The first-order valence-corrected chi connectivity index (χ1v) is 7.87. The molecule has 0 spiro atoms. The number of benzene rings is 2. The standard InChI is InChI=1S/C13H9ClN2S2/c1-8-6-11(7-12-13(8)16-18-17-12)15-10-4-2-9(14)3-5-10/h2-7H,1H3. The first-order valence-electron chi connectivity index (χ1n) is 5.39. The molecule has 0 saturated carbocycles. The van der Waals surface area contributed by atoms with Crippen LogP contribution in [0.25, 0.3) is 10.6 Å². The van der Waals surface area contributed by atoms with Gasteiger partial charge in [-0.2, -0.15) is 4.37 Å². The Morgan fingerprint density at radius 1 is 1.17 bits per heavy atom. The van der Waals surface area contributed by atoms with Gasteiger partial charge in [0.2, 0.25) is 0 Å². The van der Waals surface area contributed by atoms with Gasteiger partial charge in [0.1, 0.15) is 0 Å². The molecule has 1 aromatic carbocycles. The van der Waals surface area contributed by atoms with Crippen molar-refractivity contribution in [3.05, 3.63) is 52.3 Å². The lowest BCUT2D eigenvalue weighted by Crippen LogP contribution is -2.02. The van der Waals surface area contributed by atoms with E-state index < -0.39 is 0 Å². The van der Waals surface area contributed by atoms with Crippen LogP contribution in [0.15, 0.2) is 41.4 Å². The van der Waals surface area contributed by atoms with Crippen LogP contribution in [0.5, 0.6) is 0 Å². The number of fused-ring (bicyclic) bond motifs is 1. The van der Waals surface area contributed by atoms with Crippen molar-refractivity contribution in [2.75, 3.05) is 0 Å². The number of hydrogen-bond donors (Lipinski definition) is 0. The summed E-state index contributed by atoms with van der Waals surface area (Å²) in [4.78, 5) is 5.79. The van der Waals surface area contributed by atoms with Crippen LogP contribution in [0.2, 0.25) is 5.02 Å². The molecule has 0 aromatic heterocycles. The highest BCUT2D eigenvalue weighted by molar-refractivity contribution is 7.68. The van der Waals surface area contributed by atoms with Crippen molar-refractivity contribution in [1.82, 2.24) is 4.37 Å². The maximum Gasteiger partial charge on any atom is 0.0980 e. The van der Waals surface area contributed by atoms with E-state index >= 15 is 0 Å². The van der Waals surface area contributed by atoms with E-state index in [1.165, 1.54) is 15.4 Å². The largest absolute Gasteiger partial charge is 0.249 e. The molecule has 0 atom stereocenters. The average molecular weight is 293 g/mol. The van der Waals surface area contributed by atoms with Crippen molar-refractivity contribution in [3.63, 3.8) is 0 Å². The fourth-order valence-corrected chi connectivity index (χ4v) is 3.76. The molecule has 1 aliphatic heterocycles. The van der Waals surface area contributed by atoms with E-state index in [1.54, 1.807) is 10.3 Å². The first-order chi connectivity index (χ1) is 8.72. The predicted octanol–water partition coefficient (Wildman–Crippen LogP) is 4.50. The minimum Gasteiger partial charge on any atom is -0.249 e. The number of rotatable bonds is 1. The molecule has 90 valence electrons. The molecule has 18 heavy (non-hydrogen) atoms. The highest BCUT2D eigenvalue weighted by Crippen LogP contribution is 2.29. The highest BCUT2D eigenvalue weighted by Gasteiger charge is 2.08. The second kappa shape index (κ2) is 4.80. The second-order valence-electron chi connectivity index (χ2n) is 3.95. The molecule has 0 saturated heterocycles. The van der Waals surface area contributed by atoms with Gasteiger partial charge in [0, 0.05) is 15.6 Å². The summed E-state index contributed by atoms with van der Waals surface area (Å²) in [6.07, 6.45) is 0. The Labute approximate surface area is 117 Å². The van der Waals surface area contributed by atoms with E-state index in [0.29, 0.717) is 0 Å². The lowest BCUT2D eigenvalue weighted by Gasteiger charge is -1.99. The van der Waals surface area contributed by atoms with E-state index in [0.717, 1.165) is 27.3 Å². The van der Waals surface area contributed by atoms with Gasteiger partial charge in [0.15, 0.2) is 0 Å². The SMILES string of the molecule is Cc1cc(=Nc2ccc(Cl)cc2)cc2ssnc1-2. The van der Waals surface area contributed by atoms with Gasteiger partial charge in [-0.15, -0.1) is 0 Å². The molecule has 2 aliphatic rings. The zero-order chi connectivity index (χ0) is 12.5. The predicted molar refractivity (Wildman–Crippen MR) is 78.0 cm³/mol. The summed E-state index contributed by atoms with van der Waals surface area (Å²) in [5.74, 6) is 0.